The first-order valence-electron chi connectivity index (χ1n) is 14.6. The fourth-order valence-corrected chi connectivity index (χ4v) is 6.58. The van der Waals surface area contributed by atoms with Gasteiger partial charge < -0.3 is 20.1 Å². The molecule has 3 aliphatic heterocycles. The third kappa shape index (κ3) is 7.02. The van der Waals surface area contributed by atoms with E-state index in [0.717, 1.165) is 36.7 Å². The van der Waals surface area contributed by atoms with E-state index in [2.05, 4.69) is 103 Å². The molecule has 5 nitrogen and oxygen atoms in total. The third-order valence-electron chi connectivity index (χ3n) is 8.43. The molecule has 3 saturated heterocycles. The Hall–Kier alpha value is -2.86. The van der Waals surface area contributed by atoms with E-state index < -0.39 is 0 Å². The van der Waals surface area contributed by atoms with Gasteiger partial charge in [0.15, 0.2) is 0 Å². The molecule has 6 rings (SSSR count). The van der Waals surface area contributed by atoms with Crippen LogP contribution in [0.25, 0.3) is 0 Å². The Morgan fingerprint density at radius 3 is 2.03 bits per heavy atom. The molecule has 0 saturated carbocycles. The van der Waals surface area contributed by atoms with Gasteiger partial charge in [-0.25, -0.2) is 0 Å². The second-order valence-electron chi connectivity index (χ2n) is 10.8. The Labute approximate surface area is 235 Å². The summed E-state index contributed by atoms with van der Waals surface area (Å²) in [5, 5.41) is 7.13. The Morgan fingerprint density at radius 2 is 1.51 bits per heavy atom. The van der Waals surface area contributed by atoms with Crippen LogP contribution in [0.1, 0.15) is 49.8 Å². The predicted molar refractivity (Wildman–Crippen MR) is 162 cm³/mol. The molecule has 0 amide bonds. The van der Waals surface area contributed by atoms with Gasteiger partial charge in [-0.2, -0.15) is 0 Å². The van der Waals surface area contributed by atoms with Gasteiger partial charge in [-0.1, -0.05) is 81.4 Å². The number of piperidine rings is 3. The number of benzene rings is 3. The molecule has 0 spiro atoms. The van der Waals surface area contributed by atoms with E-state index >= 15 is 0 Å². The van der Waals surface area contributed by atoms with Gasteiger partial charge in [0.2, 0.25) is 0 Å². The van der Waals surface area contributed by atoms with Crippen LogP contribution in [0.2, 0.25) is 0 Å². The lowest BCUT2D eigenvalue weighted by Crippen LogP contribution is -2.67. The second-order valence-corrected chi connectivity index (χ2v) is 10.8. The second kappa shape index (κ2) is 14.5. The van der Waals surface area contributed by atoms with Gasteiger partial charge in [-0.3, -0.25) is 4.90 Å². The van der Waals surface area contributed by atoms with E-state index in [1.807, 2.05) is 12.1 Å². The van der Waals surface area contributed by atoms with Crippen LogP contribution >= 0.6 is 0 Å². The monoisotopic (exact) mass is 529 g/mol. The molecule has 0 radical (unpaired) electrons. The highest BCUT2D eigenvalue weighted by Gasteiger charge is 2.49. The van der Waals surface area contributed by atoms with Crippen molar-refractivity contribution >= 4 is 0 Å². The molecule has 1 unspecified atom stereocenters. The summed E-state index contributed by atoms with van der Waals surface area (Å²) in [6.07, 6.45) is 1.25. The number of ether oxygens (including phenoxy) is 2. The predicted octanol–water partition coefficient (Wildman–Crippen LogP) is 5.95. The third-order valence-corrected chi connectivity index (χ3v) is 8.43. The maximum absolute atomic E-state index is 5.67. The quantitative estimate of drug-likeness (QED) is 0.340. The van der Waals surface area contributed by atoms with Crippen LogP contribution in [0.4, 0.5) is 0 Å². The number of hydrogen-bond acceptors (Lipinski definition) is 5. The highest BCUT2D eigenvalue weighted by Crippen LogP contribution is 2.44. The summed E-state index contributed by atoms with van der Waals surface area (Å²) in [4.78, 5) is 2.75. The van der Waals surface area contributed by atoms with Crippen molar-refractivity contribution in [3.8, 4) is 11.5 Å². The van der Waals surface area contributed by atoms with E-state index in [1.54, 1.807) is 14.2 Å². The first-order valence-corrected chi connectivity index (χ1v) is 14.6. The highest BCUT2D eigenvalue weighted by atomic mass is 16.5. The molecule has 3 aromatic carbocycles. The van der Waals surface area contributed by atoms with Crippen LogP contribution in [0, 0.1) is 11.8 Å². The number of nitrogens with zero attached hydrogens (tertiary/aromatic N) is 1. The van der Waals surface area contributed by atoms with Crippen LogP contribution in [0.3, 0.4) is 0 Å². The van der Waals surface area contributed by atoms with E-state index in [1.165, 1.54) is 30.6 Å². The summed E-state index contributed by atoms with van der Waals surface area (Å²) in [5.41, 5.74) is 3.93. The molecule has 3 aromatic rings. The van der Waals surface area contributed by atoms with Gasteiger partial charge in [0.25, 0.3) is 0 Å². The van der Waals surface area contributed by atoms with Crippen molar-refractivity contribution in [2.24, 2.45) is 11.8 Å². The zero-order valence-corrected chi connectivity index (χ0v) is 24.4. The Kier molecular flexibility index (Phi) is 10.8. The summed E-state index contributed by atoms with van der Waals surface area (Å²) in [6.45, 7) is 11.9. The smallest absolute Gasteiger partial charge is 0.123 e. The van der Waals surface area contributed by atoms with Gasteiger partial charge >= 0.3 is 0 Å². The van der Waals surface area contributed by atoms with Gasteiger partial charge in [0, 0.05) is 36.7 Å². The summed E-state index contributed by atoms with van der Waals surface area (Å²) >= 11 is 0. The first kappa shape index (κ1) is 29.1. The summed E-state index contributed by atoms with van der Waals surface area (Å²) in [5.74, 6) is 3.43. The van der Waals surface area contributed by atoms with Crippen LogP contribution in [-0.2, 0) is 6.54 Å². The molecular weight excluding hydrogens is 482 g/mol. The zero-order chi connectivity index (χ0) is 27.6. The lowest BCUT2D eigenvalue weighted by Gasteiger charge is -2.56. The van der Waals surface area contributed by atoms with Gasteiger partial charge in [-0.05, 0) is 67.2 Å². The van der Waals surface area contributed by atoms with Crippen molar-refractivity contribution in [2.45, 2.75) is 51.7 Å². The molecule has 39 heavy (non-hydrogen) atoms. The molecular formula is C34H47N3O2. The van der Waals surface area contributed by atoms with Crippen molar-refractivity contribution < 1.29 is 9.47 Å². The largest absolute Gasteiger partial charge is 0.497 e. The number of hydrogen-bond donors (Lipinski definition) is 2. The number of fused-ring (bicyclic) bond motifs is 3. The van der Waals surface area contributed by atoms with E-state index in [0.29, 0.717) is 29.8 Å². The zero-order valence-electron chi connectivity index (χ0n) is 24.4. The minimum atomic E-state index is 0.322. The molecule has 210 valence electrons. The van der Waals surface area contributed by atoms with E-state index in [-0.39, 0.29) is 0 Å². The van der Waals surface area contributed by atoms with E-state index in [4.69, 9.17) is 9.47 Å². The molecule has 3 aliphatic rings. The van der Waals surface area contributed by atoms with Crippen molar-refractivity contribution in [3.63, 3.8) is 0 Å². The molecule has 5 atom stereocenters. The fourth-order valence-electron chi connectivity index (χ4n) is 6.58. The number of rotatable bonds is 10. The lowest BCUT2D eigenvalue weighted by molar-refractivity contribution is -0.0311. The van der Waals surface area contributed by atoms with Gasteiger partial charge in [-0.15, -0.1) is 0 Å². The standard InChI is InChI=1S/C30H36N2O2.C4H11N/c1-21-20-32-17-16-26(21)29(31-19-24-18-25(33-2)14-15-27(24)34-3)30(32)28(22-10-6-4-7-11-22)23-12-8-5-9-13-23;1-3-5-4-2/h4-15,18,21,26,28-31H,16-17,19-20H2,1-3H3;5H,3-4H2,1-2H3/t21-,26+,29+,30+;/m0./s1. The maximum atomic E-state index is 5.67. The SMILES string of the molecule is CCNCC.COc1ccc(OC)c(CN[C@@H]2[C@@H]3CCN(C[C@@H]3C)[C@@H]2C(c2ccccc2)c2ccccc2)c1. The average Bonchev–Trinajstić information content (AvgIpc) is 2.98. The molecule has 0 aromatic heterocycles. The number of methoxy groups -OCH3 is 2. The molecule has 5 heteroatoms. The van der Waals surface area contributed by atoms with Crippen molar-refractivity contribution in [1.29, 1.82) is 0 Å². The van der Waals surface area contributed by atoms with Crippen LogP contribution in [-0.4, -0.2) is 57.4 Å². The summed E-state index contributed by atoms with van der Waals surface area (Å²) < 4.78 is 11.2. The minimum absolute atomic E-state index is 0.322. The van der Waals surface area contributed by atoms with Crippen LogP contribution in [0.5, 0.6) is 11.5 Å². The van der Waals surface area contributed by atoms with Gasteiger partial charge in [0.1, 0.15) is 11.5 Å². The first-order chi connectivity index (χ1) is 19.1. The molecule has 0 aliphatic carbocycles. The lowest BCUT2D eigenvalue weighted by atomic mass is 9.67. The summed E-state index contributed by atoms with van der Waals surface area (Å²) in [7, 11) is 3.46. The Morgan fingerprint density at radius 1 is 0.872 bits per heavy atom. The van der Waals surface area contributed by atoms with Crippen LogP contribution < -0.4 is 20.1 Å². The number of nitrogens with one attached hydrogen (secondary N) is 2. The summed E-state index contributed by atoms with van der Waals surface area (Å²) in [6, 6.07) is 29.0. The fraction of sp³-hybridized carbons (Fsp3) is 0.471. The highest BCUT2D eigenvalue weighted by molar-refractivity contribution is 5.41. The minimum Gasteiger partial charge on any atom is -0.497 e. The van der Waals surface area contributed by atoms with E-state index in [9.17, 15) is 0 Å². The van der Waals surface area contributed by atoms with Crippen molar-refractivity contribution in [1.82, 2.24) is 15.5 Å². The molecule has 3 fully saturated rings. The van der Waals surface area contributed by atoms with Crippen LogP contribution in [0.15, 0.2) is 78.9 Å². The normalized spacial score (nSPS) is 23.7. The van der Waals surface area contributed by atoms with Gasteiger partial charge in [0.05, 0.1) is 14.2 Å². The van der Waals surface area contributed by atoms with Crippen molar-refractivity contribution in [3.05, 3.63) is 95.6 Å². The average molecular weight is 530 g/mol. The Bertz CT molecular complexity index is 1080. The van der Waals surface area contributed by atoms with Crippen molar-refractivity contribution in [2.75, 3.05) is 40.4 Å². The molecule has 2 N–H and O–H groups in total. The topological polar surface area (TPSA) is 45.8 Å². The Balaban J connectivity index is 0.000000648. The molecule has 3 heterocycles. The molecule has 2 bridgehead atoms. The maximum Gasteiger partial charge on any atom is 0.123 e.